The molecule has 0 fully saturated rings. The second-order valence-electron chi connectivity index (χ2n) is 3.43. The summed E-state index contributed by atoms with van der Waals surface area (Å²) in [6.07, 6.45) is 0.783. The lowest BCUT2D eigenvalue weighted by atomic mass is 10.3. The smallest absolute Gasteiger partial charge is 0.239 e. The Hall–Kier alpha value is -1.72. The fraction of sp³-hybridized carbons (Fsp3) is 0.364. The van der Waals surface area contributed by atoms with Crippen LogP contribution in [0.15, 0.2) is 12.1 Å². The van der Waals surface area contributed by atoms with Crippen LogP contribution in [0.25, 0.3) is 0 Å². The Morgan fingerprint density at radius 3 is 2.59 bits per heavy atom. The molecule has 0 aliphatic heterocycles. The first kappa shape index (κ1) is 13.3. The topological polar surface area (TPSA) is 41.1 Å². The molecule has 17 heavy (non-hydrogen) atoms. The van der Waals surface area contributed by atoms with Crippen molar-refractivity contribution in [2.75, 3.05) is 18.4 Å². The van der Waals surface area contributed by atoms with E-state index in [9.17, 15) is 18.0 Å². The van der Waals surface area contributed by atoms with E-state index in [4.69, 9.17) is 0 Å². The second-order valence-corrected chi connectivity index (χ2v) is 3.43. The molecule has 3 nitrogen and oxygen atoms in total. The first-order valence-corrected chi connectivity index (χ1v) is 5.20. The zero-order valence-corrected chi connectivity index (χ0v) is 9.32. The highest BCUT2D eigenvalue weighted by Crippen LogP contribution is 2.19. The van der Waals surface area contributed by atoms with Crippen molar-refractivity contribution in [1.29, 1.82) is 0 Å². The summed E-state index contributed by atoms with van der Waals surface area (Å²) >= 11 is 0. The lowest BCUT2D eigenvalue weighted by Crippen LogP contribution is -2.30. The van der Waals surface area contributed by atoms with Crippen LogP contribution in [0.3, 0.4) is 0 Å². The van der Waals surface area contributed by atoms with E-state index in [0.29, 0.717) is 6.54 Å². The van der Waals surface area contributed by atoms with Crippen molar-refractivity contribution in [2.45, 2.75) is 13.3 Å². The highest BCUT2D eigenvalue weighted by molar-refractivity contribution is 5.80. The summed E-state index contributed by atoms with van der Waals surface area (Å²) in [4.78, 5) is 11.2. The van der Waals surface area contributed by atoms with E-state index in [0.717, 1.165) is 18.6 Å². The van der Waals surface area contributed by atoms with Gasteiger partial charge < -0.3 is 10.6 Å². The molecule has 0 saturated heterocycles. The Bertz CT molecular complexity index is 410. The van der Waals surface area contributed by atoms with Crippen LogP contribution in [0.5, 0.6) is 0 Å². The Morgan fingerprint density at radius 1 is 1.24 bits per heavy atom. The summed E-state index contributed by atoms with van der Waals surface area (Å²) in [6.45, 7) is 2.21. The summed E-state index contributed by atoms with van der Waals surface area (Å²) in [6, 6.07) is 1.84. The summed E-state index contributed by atoms with van der Waals surface area (Å²) in [5.74, 6) is -4.48. The maximum Gasteiger partial charge on any atom is 0.239 e. The third-order valence-corrected chi connectivity index (χ3v) is 2.05. The number of hydrogen-bond donors (Lipinski definition) is 2. The molecule has 0 heterocycles. The van der Waals surface area contributed by atoms with E-state index in [1.165, 1.54) is 0 Å². The molecule has 0 aliphatic rings. The molecule has 0 saturated carbocycles. The number of nitrogens with one attached hydrogen (secondary N) is 2. The summed E-state index contributed by atoms with van der Waals surface area (Å²) in [7, 11) is 0. The van der Waals surface area contributed by atoms with Crippen LogP contribution in [0.2, 0.25) is 0 Å². The minimum Gasteiger partial charge on any atom is -0.374 e. The van der Waals surface area contributed by atoms with Crippen LogP contribution < -0.4 is 10.6 Å². The number of anilines is 1. The molecule has 2 N–H and O–H groups in total. The molecule has 94 valence electrons. The van der Waals surface area contributed by atoms with Gasteiger partial charge >= 0.3 is 0 Å². The molecular formula is C11H13F3N2O. The zero-order valence-electron chi connectivity index (χ0n) is 9.32. The fourth-order valence-corrected chi connectivity index (χ4v) is 1.16. The highest BCUT2D eigenvalue weighted by atomic mass is 19.2. The Labute approximate surface area is 97.0 Å². The van der Waals surface area contributed by atoms with E-state index in [1.54, 1.807) is 0 Å². The summed E-state index contributed by atoms with van der Waals surface area (Å²) in [5, 5.41) is 4.95. The van der Waals surface area contributed by atoms with Gasteiger partial charge in [-0.05, 0) is 18.6 Å². The van der Waals surface area contributed by atoms with Crippen LogP contribution in [0, 0.1) is 17.5 Å². The lowest BCUT2D eigenvalue weighted by molar-refractivity contribution is -0.119. The van der Waals surface area contributed by atoms with Gasteiger partial charge in [0.05, 0.1) is 12.2 Å². The van der Waals surface area contributed by atoms with Crippen LogP contribution in [-0.2, 0) is 4.79 Å². The molecule has 0 atom stereocenters. The van der Waals surface area contributed by atoms with Crippen molar-refractivity contribution in [3.63, 3.8) is 0 Å². The largest absolute Gasteiger partial charge is 0.374 e. The minimum absolute atomic E-state index is 0.192. The predicted octanol–water partition coefficient (Wildman–Crippen LogP) is 2.04. The van der Waals surface area contributed by atoms with E-state index in [2.05, 4.69) is 10.6 Å². The molecular weight excluding hydrogens is 233 g/mol. The molecule has 1 amide bonds. The lowest BCUT2D eigenvalue weighted by Gasteiger charge is -2.08. The van der Waals surface area contributed by atoms with Crippen molar-refractivity contribution >= 4 is 11.6 Å². The number of rotatable bonds is 5. The summed E-state index contributed by atoms with van der Waals surface area (Å²) < 4.78 is 38.6. The minimum atomic E-state index is -1.55. The molecule has 0 bridgehead atoms. The molecule has 0 unspecified atom stereocenters. The van der Waals surface area contributed by atoms with Gasteiger partial charge in [0.15, 0.2) is 17.5 Å². The second kappa shape index (κ2) is 6.12. The highest BCUT2D eigenvalue weighted by Gasteiger charge is 2.13. The van der Waals surface area contributed by atoms with Gasteiger partial charge in [-0.15, -0.1) is 0 Å². The quantitative estimate of drug-likeness (QED) is 0.781. The fourth-order valence-electron chi connectivity index (χ4n) is 1.16. The van der Waals surface area contributed by atoms with Gasteiger partial charge in [0.1, 0.15) is 0 Å². The van der Waals surface area contributed by atoms with Crippen molar-refractivity contribution < 1.29 is 18.0 Å². The number of hydrogen-bond acceptors (Lipinski definition) is 2. The third-order valence-electron chi connectivity index (χ3n) is 2.05. The van der Waals surface area contributed by atoms with Crippen LogP contribution in [0.1, 0.15) is 13.3 Å². The number of carbonyl (C=O) groups excluding carboxylic acids is 1. The normalized spacial score (nSPS) is 10.1. The van der Waals surface area contributed by atoms with Crippen LogP contribution in [0.4, 0.5) is 18.9 Å². The molecule has 0 radical (unpaired) electrons. The van der Waals surface area contributed by atoms with Crippen LogP contribution >= 0.6 is 0 Å². The Morgan fingerprint density at radius 2 is 1.94 bits per heavy atom. The average Bonchev–Trinajstić information content (AvgIpc) is 2.32. The van der Waals surface area contributed by atoms with Gasteiger partial charge in [-0.1, -0.05) is 6.92 Å². The molecule has 0 spiro atoms. The van der Waals surface area contributed by atoms with Gasteiger partial charge in [-0.3, -0.25) is 4.79 Å². The van der Waals surface area contributed by atoms with E-state index >= 15 is 0 Å². The molecule has 0 aromatic heterocycles. The Kier molecular flexibility index (Phi) is 4.81. The average molecular weight is 246 g/mol. The van der Waals surface area contributed by atoms with Gasteiger partial charge in [0, 0.05) is 6.54 Å². The Balaban J connectivity index is 2.58. The standard InChI is InChI=1S/C11H13F3N2O/c1-2-5-15-9(17)6-16-8-4-3-7(12)10(13)11(8)14/h3-4,16H,2,5-6H2,1H3,(H,15,17). The summed E-state index contributed by atoms with van der Waals surface area (Å²) in [5.41, 5.74) is -0.240. The van der Waals surface area contributed by atoms with Gasteiger partial charge in [0.2, 0.25) is 5.91 Å². The van der Waals surface area contributed by atoms with Crippen molar-refractivity contribution in [2.24, 2.45) is 0 Å². The maximum atomic E-state index is 13.2. The van der Waals surface area contributed by atoms with Gasteiger partial charge in [-0.2, -0.15) is 0 Å². The van der Waals surface area contributed by atoms with Crippen molar-refractivity contribution in [3.8, 4) is 0 Å². The van der Waals surface area contributed by atoms with E-state index in [-0.39, 0.29) is 18.1 Å². The molecule has 6 heteroatoms. The molecule has 0 aliphatic carbocycles. The van der Waals surface area contributed by atoms with Crippen molar-refractivity contribution in [3.05, 3.63) is 29.6 Å². The molecule has 1 aromatic carbocycles. The molecule has 1 aromatic rings. The molecule has 1 rings (SSSR count). The number of amides is 1. The number of benzene rings is 1. The van der Waals surface area contributed by atoms with Gasteiger partial charge in [-0.25, -0.2) is 13.2 Å². The van der Waals surface area contributed by atoms with Crippen molar-refractivity contribution in [1.82, 2.24) is 5.32 Å². The van der Waals surface area contributed by atoms with Crippen LogP contribution in [-0.4, -0.2) is 19.0 Å². The third kappa shape index (κ3) is 3.65. The number of halogens is 3. The maximum absolute atomic E-state index is 13.2. The predicted molar refractivity (Wildman–Crippen MR) is 58.1 cm³/mol. The monoisotopic (exact) mass is 246 g/mol. The first-order valence-electron chi connectivity index (χ1n) is 5.20. The first-order chi connectivity index (χ1) is 8.06. The van der Waals surface area contributed by atoms with Gasteiger partial charge in [0.25, 0.3) is 0 Å². The number of carbonyl (C=O) groups is 1. The SMILES string of the molecule is CCCNC(=O)CNc1ccc(F)c(F)c1F. The zero-order chi connectivity index (χ0) is 12.8. The van der Waals surface area contributed by atoms with E-state index < -0.39 is 17.5 Å². The van der Waals surface area contributed by atoms with E-state index in [1.807, 2.05) is 6.92 Å².